The summed E-state index contributed by atoms with van der Waals surface area (Å²) in [5.41, 5.74) is 0. The maximum Gasteiger partial charge on any atom is 0.309 e. The first kappa shape index (κ1) is 8.53. The van der Waals surface area contributed by atoms with Gasteiger partial charge in [-0.2, -0.15) is 0 Å². The van der Waals surface area contributed by atoms with E-state index in [9.17, 15) is 4.79 Å². The SMILES string of the molecule is CCOC(=O)C1CC[NH2+]CC1. The van der Waals surface area contributed by atoms with E-state index in [1.54, 1.807) is 0 Å². The maximum absolute atomic E-state index is 11.2. The van der Waals surface area contributed by atoms with Gasteiger partial charge in [-0.05, 0) is 6.92 Å². The van der Waals surface area contributed by atoms with Gasteiger partial charge in [-0.15, -0.1) is 0 Å². The standard InChI is InChI=1S/C8H15NO2/c1-2-11-8(10)7-3-5-9-6-4-7/h7,9H,2-6H2,1H3/p+1. The fourth-order valence-corrected chi connectivity index (χ4v) is 1.42. The number of nitrogens with two attached hydrogens (primary N) is 1. The van der Waals surface area contributed by atoms with Crippen LogP contribution in [0.5, 0.6) is 0 Å². The summed E-state index contributed by atoms with van der Waals surface area (Å²) in [5, 5.41) is 2.25. The minimum Gasteiger partial charge on any atom is -0.466 e. The van der Waals surface area contributed by atoms with Crippen molar-refractivity contribution in [3.8, 4) is 0 Å². The highest BCUT2D eigenvalue weighted by atomic mass is 16.5. The first-order valence-electron chi connectivity index (χ1n) is 4.33. The molecule has 0 unspecified atom stereocenters. The van der Waals surface area contributed by atoms with Crippen LogP contribution in [-0.2, 0) is 9.53 Å². The van der Waals surface area contributed by atoms with Crippen molar-refractivity contribution in [1.82, 2.24) is 0 Å². The molecular formula is C8H16NO2+. The van der Waals surface area contributed by atoms with Gasteiger partial charge in [-0.3, -0.25) is 4.79 Å². The first-order valence-corrected chi connectivity index (χ1v) is 4.33. The van der Waals surface area contributed by atoms with E-state index in [4.69, 9.17) is 4.74 Å². The molecule has 1 rings (SSSR count). The predicted octanol–water partition coefficient (Wildman–Crippen LogP) is -0.477. The monoisotopic (exact) mass is 158 g/mol. The van der Waals surface area contributed by atoms with Crippen LogP contribution < -0.4 is 5.32 Å². The largest absolute Gasteiger partial charge is 0.466 e. The Labute approximate surface area is 67.1 Å². The zero-order valence-corrected chi connectivity index (χ0v) is 7.01. The van der Waals surface area contributed by atoms with Crippen molar-refractivity contribution >= 4 is 5.97 Å². The Kier molecular flexibility index (Phi) is 3.36. The summed E-state index contributed by atoms with van der Waals surface area (Å²) < 4.78 is 4.93. The van der Waals surface area contributed by atoms with Crippen LogP contribution in [0.1, 0.15) is 19.8 Å². The van der Waals surface area contributed by atoms with Crippen molar-refractivity contribution in [2.75, 3.05) is 19.7 Å². The van der Waals surface area contributed by atoms with Crippen LogP contribution in [0.2, 0.25) is 0 Å². The average Bonchev–Trinajstić information content (AvgIpc) is 2.07. The maximum atomic E-state index is 11.2. The highest BCUT2D eigenvalue weighted by Crippen LogP contribution is 2.10. The van der Waals surface area contributed by atoms with Crippen molar-refractivity contribution < 1.29 is 14.8 Å². The number of rotatable bonds is 2. The molecule has 0 aromatic carbocycles. The molecule has 0 saturated carbocycles. The Hall–Kier alpha value is -0.570. The Morgan fingerprint density at radius 2 is 2.18 bits per heavy atom. The number of carbonyl (C=O) groups is 1. The average molecular weight is 158 g/mol. The fourth-order valence-electron chi connectivity index (χ4n) is 1.42. The number of esters is 1. The quantitative estimate of drug-likeness (QED) is 0.552. The minimum absolute atomic E-state index is 0.000556. The minimum atomic E-state index is 0.000556. The van der Waals surface area contributed by atoms with Gasteiger partial charge in [0.05, 0.1) is 25.6 Å². The molecule has 0 radical (unpaired) electrons. The van der Waals surface area contributed by atoms with Gasteiger partial charge in [0.2, 0.25) is 0 Å². The number of hydrogen-bond donors (Lipinski definition) is 1. The van der Waals surface area contributed by atoms with Crippen molar-refractivity contribution in [3.05, 3.63) is 0 Å². The molecule has 0 amide bonds. The number of hydrogen-bond acceptors (Lipinski definition) is 2. The van der Waals surface area contributed by atoms with Gasteiger partial charge in [0.1, 0.15) is 0 Å². The predicted molar refractivity (Wildman–Crippen MR) is 41.0 cm³/mol. The molecule has 0 aliphatic carbocycles. The summed E-state index contributed by atoms with van der Waals surface area (Å²) in [6.45, 7) is 4.51. The lowest BCUT2D eigenvalue weighted by molar-refractivity contribution is -0.664. The second kappa shape index (κ2) is 4.34. The third-order valence-electron chi connectivity index (χ3n) is 2.06. The fraction of sp³-hybridized carbons (Fsp3) is 0.875. The van der Waals surface area contributed by atoms with Crippen LogP contribution in [0.4, 0.5) is 0 Å². The lowest BCUT2D eigenvalue weighted by atomic mass is 9.99. The van der Waals surface area contributed by atoms with Crippen molar-refractivity contribution in [2.24, 2.45) is 5.92 Å². The number of ether oxygens (including phenoxy) is 1. The summed E-state index contributed by atoms with van der Waals surface area (Å²) in [7, 11) is 0. The zero-order valence-electron chi connectivity index (χ0n) is 7.01. The molecule has 1 aliphatic rings. The summed E-state index contributed by atoms with van der Waals surface area (Å²) in [6, 6.07) is 0. The van der Waals surface area contributed by atoms with Crippen molar-refractivity contribution in [1.29, 1.82) is 0 Å². The van der Waals surface area contributed by atoms with E-state index in [2.05, 4.69) is 5.32 Å². The third kappa shape index (κ3) is 2.50. The van der Waals surface area contributed by atoms with Gasteiger partial charge in [0.25, 0.3) is 0 Å². The molecule has 3 nitrogen and oxygen atoms in total. The molecule has 1 fully saturated rings. The van der Waals surface area contributed by atoms with Crippen LogP contribution in [-0.4, -0.2) is 25.7 Å². The first-order chi connectivity index (χ1) is 5.34. The topological polar surface area (TPSA) is 42.9 Å². The molecule has 0 atom stereocenters. The molecule has 0 aromatic heterocycles. The smallest absolute Gasteiger partial charge is 0.309 e. The Morgan fingerprint density at radius 3 is 2.73 bits per heavy atom. The number of quaternary nitrogens is 1. The molecule has 0 spiro atoms. The van der Waals surface area contributed by atoms with E-state index in [0.717, 1.165) is 25.9 Å². The Morgan fingerprint density at radius 1 is 1.55 bits per heavy atom. The lowest BCUT2D eigenvalue weighted by Crippen LogP contribution is -2.86. The van der Waals surface area contributed by atoms with E-state index < -0.39 is 0 Å². The van der Waals surface area contributed by atoms with Gasteiger partial charge in [0, 0.05) is 12.8 Å². The van der Waals surface area contributed by atoms with Crippen LogP contribution in [0, 0.1) is 5.92 Å². The van der Waals surface area contributed by atoms with Gasteiger partial charge >= 0.3 is 5.97 Å². The summed E-state index contributed by atoms with van der Waals surface area (Å²) >= 11 is 0. The molecular weight excluding hydrogens is 142 g/mol. The van der Waals surface area contributed by atoms with Gasteiger partial charge in [0.15, 0.2) is 0 Å². The van der Waals surface area contributed by atoms with E-state index in [-0.39, 0.29) is 11.9 Å². The van der Waals surface area contributed by atoms with Gasteiger partial charge in [-0.25, -0.2) is 0 Å². The van der Waals surface area contributed by atoms with Gasteiger partial charge < -0.3 is 10.1 Å². The van der Waals surface area contributed by atoms with E-state index in [0.29, 0.717) is 6.61 Å². The number of piperidine rings is 1. The summed E-state index contributed by atoms with van der Waals surface area (Å²) in [6.07, 6.45) is 1.97. The molecule has 0 bridgehead atoms. The highest BCUT2D eigenvalue weighted by Gasteiger charge is 2.23. The number of carbonyl (C=O) groups excluding carboxylic acids is 1. The van der Waals surface area contributed by atoms with Crippen molar-refractivity contribution in [3.63, 3.8) is 0 Å². The second-order valence-corrected chi connectivity index (χ2v) is 2.89. The molecule has 64 valence electrons. The van der Waals surface area contributed by atoms with Crippen LogP contribution >= 0.6 is 0 Å². The van der Waals surface area contributed by atoms with E-state index in [1.165, 1.54) is 0 Å². The molecule has 0 aromatic rings. The molecule has 11 heavy (non-hydrogen) atoms. The molecule has 1 heterocycles. The summed E-state index contributed by atoms with van der Waals surface area (Å²) in [4.78, 5) is 11.2. The second-order valence-electron chi connectivity index (χ2n) is 2.89. The van der Waals surface area contributed by atoms with Crippen LogP contribution in [0.25, 0.3) is 0 Å². The molecule has 1 saturated heterocycles. The molecule has 1 aliphatic heterocycles. The van der Waals surface area contributed by atoms with Crippen LogP contribution in [0.15, 0.2) is 0 Å². The van der Waals surface area contributed by atoms with Crippen molar-refractivity contribution in [2.45, 2.75) is 19.8 Å². The van der Waals surface area contributed by atoms with E-state index in [1.807, 2.05) is 6.92 Å². The van der Waals surface area contributed by atoms with Gasteiger partial charge in [-0.1, -0.05) is 0 Å². The van der Waals surface area contributed by atoms with Crippen LogP contribution in [0.3, 0.4) is 0 Å². The van der Waals surface area contributed by atoms with E-state index >= 15 is 0 Å². The highest BCUT2D eigenvalue weighted by molar-refractivity contribution is 5.72. The zero-order chi connectivity index (χ0) is 8.10. The normalized spacial score (nSPS) is 19.7. The Balaban J connectivity index is 2.27. The lowest BCUT2D eigenvalue weighted by Gasteiger charge is -2.18. The summed E-state index contributed by atoms with van der Waals surface area (Å²) in [5.74, 6) is 0.181. The third-order valence-corrected chi connectivity index (χ3v) is 2.06. The Bertz CT molecular complexity index is 130. The molecule has 2 N–H and O–H groups in total. The molecule has 3 heteroatoms.